The first-order chi connectivity index (χ1) is 12.3. The SMILES string of the molecule is O=C(Nc1ccc2nc(C3CC(N4CCCCC4)C3)sc2c1)C1CC1. The zero-order valence-corrected chi connectivity index (χ0v) is 15.4. The van der Waals surface area contributed by atoms with Crippen LogP contribution in [0.4, 0.5) is 5.69 Å². The Morgan fingerprint density at radius 1 is 1.16 bits per heavy atom. The van der Waals surface area contributed by atoms with Crippen LogP contribution in [0.25, 0.3) is 10.2 Å². The summed E-state index contributed by atoms with van der Waals surface area (Å²) in [5, 5.41) is 4.33. The van der Waals surface area contributed by atoms with E-state index in [1.807, 2.05) is 17.4 Å². The standard InChI is InChI=1S/C20H25N3OS/c24-19(13-4-5-13)21-15-6-7-17-18(12-15)25-20(22-17)14-10-16(11-14)23-8-2-1-3-9-23/h6-7,12-14,16H,1-5,8-11H2,(H,21,24). The van der Waals surface area contributed by atoms with Crippen molar-refractivity contribution in [1.29, 1.82) is 0 Å². The Balaban J connectivity index is 1.26. The smallest absolute Gasteiger partial charge is 0.227 e. The average molecular weight is 356 g/mol. The number of hydrogen-bond acceptors (Lipinski definition) is 4. The number of likely N-dealkylation sites (tertiary alicyclic amines) is 1. The van der Waals surface area contributed by atoms with E-state index < -0.39 is 0 Å². The fourth-order valence-electron chi connectivity index (χ4n) is 4.16. The number of hydrogen-bond donors (Lipinski definition) is 1. The molecule has 2 saturated carbocycles. The van der Waals surface area contributed by atoms with Crippen molar-refractivity contribution in [2.45, 2.75) is 56.9 Å². The molecule has 132 valence electrons. The molecule has 1 aromatic heterocycles. The fourth-order valence-corrected chi connectivity index (χ4v) is 5.29. The van der Waals surface area contributed by atoms with Crippen LogP contribution in [0.1, 0.15) is 55.9 Å². The van der Waals surface area contributed by atoms with Crippen LogP contribution in [0.3, 0.4) is 0 Å². The molecule has 25 heavy (non-hydrogen) atoms. The first kappa shape index (κ1) is 15.8. The second-order valence-corrected chi connectivity index (χ2v) is 8.98. The van der Waals surface area contributed by atoms with Crippen molar-refractivity contribution < 1.29 is 4.79 Å². The molecule has 0 radical (unpaired) electrons. The van der Waals surface area contributed by atoms with Crippen LogP contribution in [0.5, 0.6) is 0 Å². The number of carbonyl (C=O) groups excluding carboxylic acids is 1. The molecule has 3 aliphatic rings. The van der Waals surface area contributed by atoms with E-state index in [2.05, 4.69) is 22.3 Å². The number of nitrogens with one attached hydrogen (secondary N) is 1. The van der Waals surface area contributed by atoms with Crippen LogP contribution in [0.2, 0.25) is 0 Å². The van der Waals surface area contributed by atoms with Gasteiger partial charge in [0.2, 0.25) is 5.91 Å². The Morgan fingerprint density at radius 2 is 1.96 bits per heavy atom. The summed E-state index contributed by atoms with van der Waals surface area (Å²) in [4.78, 5) is 19.5. The Labute approximate surface area is 152 Å². The van der Waals surface area contributed by atoms with Gasteiger partial charge in [0.1, 0.15) is 0 Å². The van der Waals surface area contributed by atoms with Gasteiger partial charge < -0.3 is 10.2 Å². The van der Waals surface area contributed by atoms with Crippen molar-refractivity contribution in [2.24, 2.45) is 5.92 Å². The molecule has 0 unspecified atom stereocenters. The fraction of sp³-hybridized carbons (Fsp3) is 0.600. The second kappa shape index (κ2) is 6.36. The number of aromatic nitrogens is 1. The third-order valence-electron chi connectivity index (χ3n) is 5.99. The summed E-state index contributed by atoms with van der Waals surface area (Å²) >= 11 is 1.81. The number of rotatable bonds is 4. The molecule has 0 spiro atoms. The van der Waals surface area contributed by atoms with Gasteiger partial charge in [-0.25, -0.2) is 4.98 Å². The molecule has 0 bridgehead atoms. The van der Waals surface area contributed by atoms with Gasteiger partial charge in [-0.1, -0.05) is 6.42 Å². The zero-order chi connectivity index (χ0) is 16.8. The zero-order valence-electron chi connectivity index (χ0n) is 14.5. The van der Waals surface area contributed by atoms with E-state index in [-0.39, 0.29) is 11.8 Å². The van der Waals surface area contributed by atoms with E-state index in [9.17, 15) is 4.79 Å². The summed E-state index contributed by atoms with van der Waals surface area (Å²) in [5.74, 6) is 1.05. The van der Waals surface area contributed by atoms with Gasteiger partial charge in [0.05, 0.1) is 15.2 Å². The Bertz CT molecular complexity index is 785. The average Bonchev–Trinajstić information content (AvgIpc) is 3.35. The molecule has 1 aliphatic heterocycles. The van der Waals surface area contributed by atoms with Crippen LogP contribution in [0.15, 0.2) is 18.2 Å². The van der Waals surface area contributed by atoms with Crippen LogP contribution < -0.4 is 5.32 Å². The molecule has 0 atom stereocenters. The highest BCUT2D eigenvalue weighted by Crippen LogP contribution is 2.43. The van der Waals surface area contributed by atoms with Crippen molar-refractivity contribution in [3.8, 4) is 0 Å². The first-order valence-electron chi connectivity index (χ1n) is 9.72. The highest BCUT2D eigenvalue weighted by Gasteiger charge is 2.36. The quantitative estimate of drug-likeness (QED) is 0.885. The van der Waals surface area contributed by atoms with Crippen LogP contribution in [0, 0.1) is 5.92 Å². The topological polar surface area (TPSA) is 45.2 Å². The number of piperidine rings is 1. The van der Waals surface area contributed by atoms with E-state index >= 15 is 0 Å². The molecule has 3 fully saturated rings. The third kappa shape index (κ3) is 3.20. The summed E-state index contributed by atoms with van der Waals surface area (Å²) in [5.41, 5.74) is 1.99. The number of anilines is 1. The molecule has 1 amide bonds. The lowest BCUT2D eigenvalue weighted by Crippen LogP contribution is -2.46. The van der Waals surface area contributed by atoms with Gasteiger partial charge >= 0.3 is 0 Å². The number of amides is 1. The van der Waals surface area contributed by atoms with Gasteiger partial charge in [0.15, 0.2) is 0 Å². The van der Waals surface area contributed by atoms with Crippen molar-refractivity contribution in [3.63, 3.8) is 0 Å². The van der Waals surface area contributed by atoms with E-state index in [0.29, 0.717) is 5.92 Å². The molecule has 1 aromatic carbocycles. The number of thiazole rings is 1. The van der Waals surface area contributed by atoms with Crippen molar-refractivity contribution in [1.82, 2.24) is 9.88 Å². The predicted molar refractivity (Wildman–Crippen MR) is 102 cm³/mol. The number of fused-ring (bicyclic) bond motifs is 1. The van der Waals surface area contributed by atoms with Gasteiger partial charge in [-0.2, -0.15) is 0 Å². The summed E-state index contributed by atoms with van der Waals surface area (Å²) in [6, 6.07) is 6.92. The van der Waals surface area contributed by atoms with Crippen LogP contribution in [-0.4, -0.2) is 34.9 Å². The second-order valence-electron chi connectivity index (χ2n) is 7.92. The molecule has 1 saturated heterocycles. The van der Waals surface area contributed by atoms with Crippen molar-refractivity contribution in [2.75, 3.05) is 18.4 Å². The molecule has 1 N–H and O–H groups in total. The normalized spacial score (nSPS) is 27.2. The maximum Gasteiger partial charge on any atom is 0.227 e. The monoisotopic (exact) mass is 355 g/mol. The van der Waals surface area contributed by atoms with Gasteiger partial charge in [-0.15, -0.1) is 11.3 Å². The Hall–Kier alpha value is -1.46. The molecule has 4 nitrogen and oxygen atoms in total. The predicted octanol–water partition coefficient (Wildman–Crippen LogP) is 4.38. The van der Waals surface area contributed by atoms with Crippen molar-refractivity contribution >= 4 is 33.1 Å². The van der Waals surface area contributed by atoms with Gasteiger partial charge in [0, 0.05) is 23.6 Å². The molecule has 5 heteroatoms. The highest BCUT2D eigenvalue weighted by molar-refractivity contribution is 7.18. The largest absolute Gasteiger partial charge is 0.326 e. The molecule has 5 rings (SSSR count). The minimum Gasteiger partial charge on any atom is -0.326 e. The number of benzene rings is 1. The van der Waals surface area contributed by atoms with E-state index in [4.69, 9.17) is 4.98 Å². The highest BCUT2D eigenvalue weighted by atomic mass is 32.1. The number of carbonyl (C=O) groups is 1. The Morgan fingerprint density at radius 3 is 2.72 bits per heavy atom. The minimum absolute atomic E-state index is 0.174. The molecular formula is C20H25N3OS. The summed E-state index contributed by atoms with van der Waals surface area (Å²) in [6.07, 6.45) is 8.77. The summed E-state index contributed by atoms with van der Waals surface area (Å²) < 4.78 is 1.20. The van der Waals surface area contributed by atoms with Gasteiger partial charge in [-0.05, 0) is 69.8 Å². The van der Waals surface area contributed by atoms with E-state index in [1.54, 1.807) is 0 Å². The number of nitrogens with zero attached hydrogens (tertiary/aromatic N) is 2. The molecule has 2 heterocycles. The first-order valence-corrected chi connectivity index (χ1v) is 10.5. The van der Waals surface area contributed by atoms with E-state index in [1.165, 1.54) is 54.9 Å². The van der Waals surface area contributed by atoms with Gasteiger partial charge in [0.25, 0.3) is 0 Å². The lowest BCUT2D eigenvalue weighted by atomic mass is 9.79. The maximum absolute atomic E-state index is 11.9. The van der Waals surface area contributed by atoms with E-state index in [0.717, 1.165) is 30.1 Å². The molecule has 2 aliphatic carbocycles. The van der Waals surface area contributed by atoms with Crippen LogP contribution >= 0.6 is 11.3 Å². The minimum atomic E-state index is 0.174. The third-order valence-corrected chi connectivity index (χ3v) is 7.17. The summed E-state index contributed by atoms with van der Waals surface area (Å²) in [6.45, 7) is 2.59. The van der Waals surface area contributed by atoms with Crippen LogP contribution in [-0.2, 0) is 4.79 Å². The Kier molecular flexibility index (Phi) is 4.01. The molecule has 2 aromatic rings. The maximum atomic E-state index is 11.9. The van der Waals surface area contributed by atoms with Crippen molar-refractivity contribution in [3.05, 3.63) is 23.2 Å². The van der Waals surface area contributed by atoms with Gasteiger partial charge in [-0.3, -0.25) is 4.79 Å². The lowest BCUT2D eigenvalue weighted by Gasteiger charge is -2.43. The summed E-state index contributed by atoms with van der Waals surface area (Å²) in [7, 11) is 0. The molecular weight excluding hydrogens is 330 g/mol. The lowest BCUT2D eigenvalue weighted by molar-refractivity contribution is -0.117.